The lowest BCUT2D eigenvalue weighted by Crippen LogP contribution is -2.20. The van der Waals surface area contributed by atoms with Gasteiger partial charge < -0.3 is 9.47 Å². The number of carbonyl (C=O) groups excluding carboxylic acids is 2. The zero-order valence-corrected chi connectivity index (χ0v) is 16.2. The number of fused-ring (bicyclic) bond motifs is 1. The van der Waals surface area contributed by atoms with E-state index in [1.807, 2.05) is 26.0 Å². The lowest BCUT2D eigenvalue weighted by Gasteiger charge is -2.05. The molecule has 2 aromatic carbocycles. The molecule has 1 N–H and O–H groups in total. The number of rotatable bonds is 6. The summed E-state index contributed by atoms with van der Waals surface area (Å²) in [4.78, 5) is 28.6. The number of carbonyl (C=O) groups is 2. The fraction of sp³-hybridized carbons (Fsp3) is 0.250. The number of methoxy groups -OCH3 is 1. The summed E-state index contributed by atoms with van der Waals surface area (Å²) in [6.45, 7) is 4.11. The molecule has 1 aromatic heterocycles. The Balaban J connectivity index is 1.57. The van der Waals surface area contributed by atoms with Gasteiger partial charge in [-0.2, -0.15) is 0 Å². The van der Waals surface area contributed by atoms with E-state index in [1.165, 1.54) is 11.3 Å². The van der Waals surface area contributed by atoms with Crippen molar-refractivity contribution < 1.29 is 19.1 Å². The summed E-state index contributed by atoms with van der Waals surface area (Å²) < 4.78 is 11.1. The van der Waals surface area contributed by atoms with Gasteiger partial charge in [0.15, 0.2) is 11.7 Å². The topological polar surface area (TPSA) is 77.5 Å². The summed E-state index contributed by atoms with van der Waals surface area (Å²) in [7, 11) is 1.61. The van der Waals surface area contributed by atoms with Gasteiger partial charge in [0.05, 0.1) is 22.4 Å². The molecule has 0 saturated heterocycles. The van der Waals surface area contributed by atoms with Crippen LogP contribution in [0.25, 0.3) is 10.2 Å². The Kier molecular flexibility index (Phi) is 5.83. The van der Waals surface area contributed by atoms with Gasteiger partial charge in [-0.15, -0.1) is 0 Å². The number of anilines is 1. The summed E-state index contributed by atoms with van der Waals surface area (Å²) in [5, 5.41) is 3.17. The third-order valence-electron chi connectivity index (χ3n) is 3.91. The summed E-state index contributed by atoms with van der Waals surface area (Å²) in [5.41, 5.74) is 4.41. The average Bonchev–Trinajstić information content (AvgIpc) is 3.03. The largest absolute Gasteiger partial charge is 0.452 e. The van der Waals surface area contributed by atoms with E-state index in [0.717, 1.165) is 26.9 Å². The van der Waals surface area contributed by atoms with Crippen molar-refractivity contribution in [1.29, 1.82) is 0 Å². The van der Waals surface area contributed by atoms with E-state index in [0.29, 0.717) is 17.3 Å². The van der Waals surface area contributed by atoms with Crippen molar-refractivity contribution in [2.75, 3.05) is 19.0 Å². The van der Waals surface area contributed by atoms with Crippen LogP contribution in [-0.2, 0) is 20.9 Å². The first-order valence-corrected chi connectivity index (χ1v) is 9.20. The molecule has 1 heterocycles. The number of nitrogens with one attached hydrogen (secondary N) is 1. The molecule has 1 amide bonds. The Morgan fingerprint density at radius 1 is 1.15 bits per heavy atom. The number of benzene rings is 2. The van der Waals surface area contributed by atoms with Gasteiger partial charge in [0.1, 0.15) is 0 Å². The standard InChI is InChI=1S/C20H20N2O4S/c1-12-8-13(2)18-16(9-12)27-20(22-18)21-17(23)11-26-19(24)15-6-4-14(5-7-15)10-25-3/h4-9H,10-11H2,1-3H3,(H,21,22,23). The van der Waals surface area contributed by atoms with Crippen LogP contribution >= 0.6 is 11.3 Å². The van der Waals surface area contributed by atoms with Crippen LogP contribution in [0.5, 0.6) is 0 Å². The maximum Gasteiger partial charge on any atom is 0.338 e. The van der Waals surface area contributed by atoms with E-state index < -0.39 is 11.9 Å². The molecule has 3 rings (SSSR count). The number of ether oxygens (including phenoxy) is 2. The van der Waals surface area contributed by atoms with Crippen LogP contribution in [-0.4, -0.2) is 30.6 Å². The zero-order chi connectivity index (χ0) is 19.4. The molecular formula is C20H20N2O4S. The van der Waals surface area contributed by atoms with Crippen LogP contribution in [0.15, 0.2) is 36.4 Å². The Morgan fingerprint density at radius 2 is 1.89 bits per heavy atom. The predicted molar refractivity (Wildman–Crippen MR) is 105 cm³/mol. The number of amides is 1. The van der Waals surface area contributed by atoms with E-state index in [4.69, 9.17) is 9.47 Å². The van der Waals surface area contributed by atoms with Gasteiger partial charge in [-0.25, -0.2) is 9.78 Å². The molecule has 6 nitrogen and oxygen atoms in total. The number of nitrogens with zero attached hydrogens (tertiary/aromatic N) is 1. The summed E-state index contributed by atoms with van der Waals surface area (Å²) >= 11 is 1.40. The molecule has 0 bridgehead atoms. The molecule has 0 atom stereocenters. The monoisotopic (exact) mass is 384 g/mol. The summed E-state index contributed by atoms with van der Waals surface area (Å²) in [5.74, 6) is -0.974. The summed E-state index contributed by atoms with van der Waals surface area (Å²) in [6.07, 6.45) is 0. The fourth-order valence-electron chi connectivity index (χ4n) is 2.70. The van der Waals surface area contributed by atoms with Crippen molar-refractivity contribution in [3.8, 4) is 0 Å². The van der Waals surface area contributed by atoms with Crippen LogP contribution in [0.2, 0.25) is 0 Å². The van der Waals surface area contributed by atoms with E-state index in [9.17, 15) is 9.59 Å². The smallest absolute Gasteiger partial charge is 0.338 e. The van der Waals surface area contributed by atoms with Gasteiger partial charge in [-0.05, 0) is 48.7 Å². The molecule has 0 spiro atoms. The van der Waals surface area contributed by atoms with Crippen LogP contribution in [0, 0.1) is 13.8 Å². The van der Waals surface area contributed by atoms with Crippen molar-refractivity contribution in [3.63, 3.8) is 0 Å². The van der Waals surface area contributed by atoms with Crippen molar-refractivity contribution in [2.45, 2.75) is 20.5 Å². The molecule has 0 unspecified atom stereocenters. The Hall–Kier alpha value is -2.77. The van der Waals surface area contributed by atoms with Gasteiger partial charge in [0.2, 0.25) is 0 Å². The molecule has 0 fully saturated rings. The molecule has 0 radical (unpaired) electrons. The van der Waals surface area contributed by atoms with E-state index in [-0.39, 0.29) is 6.61 Å². The second-order valence-electron chi connectivity index (χ2n) is 6.20. The highest BCUT2D eigenvalue weighted by Gasteiger charge is 2.13. The molecule has 0 saturated carbocycles. The Labute approximate surface area is 161 Å². The lowest BCUT2D eigenvalue weighted by atomic mass is 10.1. The van der Waals surface area contributed by atoms with Crippen molar-refractivity contribution in [2.24, 2.45) is 0 Å². The van der Waals surface area contributed by atoms with Crippen LogP contribution in [0.1, 0.15) is 27.0 Å². The Bertz CT molecular complexity index is 980. The lowest BCUT2D eigenvalue weighted by molar-refractivity contribution is -0.119. The second-order valence-corrected chi connectivity index (χ2v) is 7.23. The predicted octanol–water partition coefficient (Wildman–Crippen LogP) is 3.86. The third kappa shape index (κ3) is 4.69. The van der Waals surface area contributed by atoms with E-state index >= 15 is 0 Å². The van der Waals surface area contributed by atoms with Gasteiger partial charge in [0.25, 0.3) is 5.91 Å². The molecule has 140 valence electrons. The van der Waals surface area contributed by atoms with Gasteiger partial charge in [-0.3, -0.25) is 10.1 Å². The minimum atomic E-state index is -0.551. The highest BCUT2D eigenvalue weighted by atomic mass is 32.1. The van der Waals surface area contributed by atoms with Gasteiger partial charge in [0, 0.05) is 7.11 Å². The Morgan fingerprint density at radius 3 is 2.59 bits per heavy atom. The number of hydrogen-bond acceptors (Lipinski definition) is 6. The number of aromatic nitrogens is 1. The number of esters is 1. The van der Waals surface area contributed by atoms with E-state index in [2.05, 4.69) is 10.3 Å². The maximum atomic E-state index is 12.1. The van der Waals surface area contributed by atoms with Crippen LogP contribution in [0.3, 0.4) is 0 Å². The molecule has 0 aliphatic carbocycles. The molecular weight excluding hydrogens is 364 g/mol. The third-order valence-corrected chi connectivity index (χ3v) is 4.83. The number of hydrogen-bond donors (Lipinski definition) is 1. The first-order chi connectivity index (χ1) is 13.0. The zero-order valence-electron chi connectivity index (χ0n) is 15.4. The SMILES string of the molecule is COCc1ccc(C(=O)OCC(=O)Nc2nc3c(C)cc(C)cc3s2)cc1. The molecule has 0 aliphatic heterocycles. The molecule has 3 aromatic rings. The van der Waals surface area contributed by atoms with Gasteiger partial charge >= 0.3 is 5.97 Å². The highest BCUT2D eigenvalue weighted by molar-refractivity contribution is 7.22. The second kappa shape index (κ2) is 8.28. The van der Waals surface area contributed by atoms with Crippen molar-refractivity contribution in [3.05, 3.63) is 58.7 Å². The normalized spacial score (nSPS) is 10.8. The number of thiazole rings is 1. The number of aryl methyl sites for hydroxylation is 2. The molecule has 7 heteroatoms. The quantitative estimate of drug-likeness (QED) is 0.653. The fourth-order valence-corrected chi connectivity index (χ4v) is 3.76. The highest BCUT2D eigenvalue weighted by Crippen LogP contribution is 2.29. The van der Waals surface area contributed by atoms with Crippen LogP contribution in [0.4, 0.5) is 5.13 Å². The average molecular weight is 384 g/mol. The minimum Gasteiger partial charge on any atom is -0.452 e. The van der Waals surface area contributed by atoms with Crippen LogP contribution < -0.4 is 5.32 Å². The first-order valence-electron chi connectivity index (χ1n) is 8.39. The molecule has 27 heavy (non-hydrogen) atoms. The maximum absolute atomic E-state index is 12.1. The van der Waals surface area contributed by atoms with Crippen molar-refractivity contribution >= 4 is 38.6 Å². The van der Waals surface area contributed by atoms with Crippen molar-refractivity contribution in [1.82, 2.24) is 4.98 Å². The van der Waals surface area contributed by atoms with Gasteiger partial charge in [-0.1, -0.05) is 29.5 Å². The first kappa shape index (κ1) is 19.0. The summed E-state index contributed by atoms with van der Waals surface area (Å²) in [6, 6.07) is 10.9. The minimum absolute atomic E-state index is 0.368. The van der Waals surface area contributed by atoms with E-state index in [1.54, 1.807) is 31.4 Å². The molecule has 0 aliphatic rings.